The second kappa shape index (κ2) is 8.59. The van der Waals surface area contributed by atoms with Crippen molar-refractivity contribution in [3.63, 3.8) is 0 Å². The lowest BCUT2D eigenvalue weighted by Crippen LogP contribution is -2.19. The Bertz CT molecular complexity index is 795. The maximum absolute atomic E-state index is 9.55. The Morgan fingerprint density at radius 2 is 2.23 bits per heavy atom. The second-order valence-corrected chi connectivity index (χ2v) is 6.24. The fourth-order valence-corrected chi connectivity index (χ4v) is 3.14. The average molecular weight is 352 g/mol. The van der Waals surface area contributed by atoms with Gasteiger partial charge in [-0.2, -0.15) is 10.4 Å². The van der Waals surface area contributed by atoms with Gasteiger partial charge in [-0.05, 0) is 37.4 Å². The van der Waals surface area contributed by atoms with Crippen LogP contribution < -0.4 is 15.4 Å². The number of nitriles is 1. The van der Waals surface area contributed by atoms with Crippen molar-refractivity contribution in [1.29, 1.82) is 5.26 Å². The number of nitrogens with zero attached hydrogens (tertiary/aromatic N) is 4. The quantitative estimate of drug-likeness (QED) is 0.789. The van der Waals surface area contributed by atoms with E-state index < -0.39 is 0 Å². The van der Waals surface area contributed by atoms with Crippen LogP contribution in [-0.4, -0.2) is 34.4 Å². The molecule has 26 heavy (non-hydrogen) atoms. The largest absolute Gasteiger partial charge is 0.489 e. The zero-order valence-corrected chi connectivity index (χ0v) is 15.2. The number of anilines is 1. The Labute approximate surface area is 153 Å². The summed E-state index contributed by atoms with van der Waals surface area (Å²) in [5.41, 5.74) is 3.25. The maximum Gasteiger partial charge on any atom is 0.167 e. The maximum atomic E-state index is 9.55. The second-order valence-electron chi connectivity index (χ2n) is 6.24. The Kier molecular flexibility index (Phi) is 5.97. The molecule has 0 radical (unpaired) electrons. The lowest BCUT2D eigenvalue weighted by molar-refractivity contribution is 0.222. The molecular formula is C19H24N6O. The van der Waals surface area contributed by atoms with Crippen LogP contribution in [0, 0.1) is 11.3 Å². The van der Waals surface area contributed by atoms with Crippen molar-refractivity contribution >= 4 is 5.82 Å². The molecule has 0 spiro atoms. The van der Waals surface area contributed by atoms with Gasteiger partial charge in [0, 0.05) is 18.8 Å². The molecule has 0 saturated carbocycles. The van der Waals surface area contributed by atoms with E-state index in [9.17, 15) is 5.26 Å². The Balaban J connectivity index is 1.72. The third-order valence-electron chi connectivity index (χ3n) is 4.50. The molecule has 7 heteroatoms. The molecule has 3 heterocycles. The number of pyridine rings is 1. The van der Waals surface area contributed by atoms with Gasteiger partial charge >= 0.3 is 0 Å². The van der Waals surface area contributed by atoms with Crippen LogP contribution in [0.3, 0.4) is 0 Å². The molecule has 7 nitrogen and oxygen atoms in total. The van der Waals surface area contributed by atoms with Crippen molar-refractivity contribution in [2.45, 2.75) is 45.8 Å². The molecule has 2 aromatic rings. The van der Waals surface area contributed by atoms with Crippen molar-refractivity contribution in [3.8, 4) is 11.8 Å². The summed E-state index contributed by atoms with van der Waals surface area (Å²) in [6.45, 7) is 6.37. The zero-order valence-electron chi connectivity index (χ0n) is 15.2. The van der Waals surface area contributed by atoms with E-state index in [0.29, 0.717) is 17.9 Å². The molecule has 1 aliphatic rings. The Morgan fingerprint density at radius 3 is 2.92 bits per heavy atom. The fraction of sp³-hybridized carbons (Fsp3) is 0.474. The van der Waals surface area contributed by atoms with Gasteiger partial charge in [0.2, 0.25) is 0 Å². The summed E-state index contributed by atoms with van der Waals surface area (Å²) in [4.78, 5) is 4.37. The van der Waals surface area contributed by atoms with Crippen LogP contribution in [0.15, 0.2) is 18.3 Å². The van der Waals surface area contributed by atoms with Gasteiger partial charge in [-0.1, -0.05) is 13.8 Å². The van der Waals surface area contributed by atoms with E-state index in [1.807, 2.05) is 26.0 Å². The number of hydrogen-bond acceptors (Lipinski definition) is 7. The van der Waals surface area contributed by atoms with Crippen molar-refractivity contribution < 1.29 is 4.74 Å². The van der Waals surface area contributed by atoms with Crippen molar-refractivity contribution in [3.05, 3.63) is 40.8 Å². The zero-order chi connectivity index (χ0) is 18.4. The van der Waals surface area contributed by atoms with Gasteiger partial charge in [-0.3, -0.25) is 4.98 Å². The minimum absolute atomic E-state index is 0.211. The predicted octanol–water partition coefficient (Wildman–Crippen LogP) is 2.22. The summed E-state index contributed by atoms with van der Waals surface area (Å²) >= 11 is 0. The molecule has 0 amide bonds. The van der Waals surface area contributed by atoms with Crippen molar-refractivity contribution in [2.24, 2.45) is 0 Å². The summed E-state index contributed by atoms with van der Waals surface area (Å²) in [6, 6.07) is 6.06. The lowest BCUT2D eigenvalue weighted by Gasteiger charge is -2.14. The first-order chi connectivity index (χ1) is 12.7. The van der Waals surface area contributed by atoms with E-state index in [2.05, 4.69) is 31.9 Å². The highest BCUT2D eigenvalue weighted by atomic mass is 16.5. The third-order valence-corrected chi connectivity index (χ3v) is 4.50. The summed E-state index contributed by atoms with van der Waals surface area (Å²) in [7, 11) is 0. The smallest absolute Gasteiger partial charge is 0.167 e. The van der Waals surface area contributed by atoms with Crippen LogP contribution in [0.5, 0.6) is 5.75 Å². The predicted molar refractivity (Wildman–Crippen MR) is 99.0 cm³/mol. The molecular weight excluding hydrogens is 328 g/mol. The van der Waals surface area contributed by atoms with E-state index in [4.69, 9.17) is 4.74 Å². The minimum atomic E-state index is 0.211. The van der Waals surface area contributed by atoms with Crippen LogP contribution in [0.2, 0.25) is 0 Å². The highest BCUT2D eigenvalue weighted by Gasteiger charge is 2.17. The van der Waals surface area contributed by atoms with Gasteiger partial charge in [0.1, 0.15) is 23.5 Å². The van der Waals surface area contributed by atoms with Crippen LogP contribution in [0.4, 0.5) is 5.82 Å². The van der Waals surface area contributed by atoms with Crippen molar-refractivity contribution in [2.75, 3.05) is 18.4 Å². The average Bonchev–Trinajstić information content (AvgIpc) is 3.18. The molecule has 1 atom stereocenters. The first-order valence-corrected chi connectivity index (χ1v) is 9.09. The van der Waals surface area contributed by atoms with Gasteiger partial charge in [0.15, 0.2) is 5.82 Å². The summed E-state index contributed by atoms with van der Waals surface area (Å²) in [5, 5.41) is 24.5. The van der Waals surface area contributed by atoms with Gasteiger partial charge in [-0.25, -0.2) is 0 Å². The van der Waals surface area contributed by atoms with E-state index in [0.717, 1.165) is 55.1 Å². The monoisotopic (exact) mass is 352 g/mol. The van der Waals surface area contributed by atoms with E-state index in [1.165, 1.54) is 0 Å². The molecule has 136 valence electrons. The van der Waals surface area contributed by atoms with Gasteiger partial charge in [-0.15, -0.1) is 5.10 Å². The number of hydrogen-bond donors (Lipinski definition) is 2. The fourth-order valence-electron chi connectivity index (χ4n) is 3.14. The summed E-state index contributed by atoms with van der Waals surface area (Å²) in [6.07, 6.45) is 4.49. The molecule has 0 aliphatic carbocycles. The molecule has 1 saturated heterocycles. The normalized spacial score (nSPS) is 16.3. The van der Waals surface area contributed by atoms with Crippen LogP contribution in [0.25, 0.3) is 0 Å². The molecule has 0 bridgehead atoms. The number of ether oxygens (including phenoxy) is 1. The van der Waals surface area contributed by atoms with Gasteiger partial charge in [0.05, 0.1) is 17.9 Å². The SMILES string of the molecule is CCc1nnc(NCc2cc(OC3CCNC3)ccn2)c(C#N)c1CC. The van der Waals surface area contributed by atoms with Crippen LogP contribution in [-0.2, 0) is 19.4 Å². The highest BCUT2D eigenvalue weighted by molar-refractivity contribution is 5.56. The minimum Gasteiger partial charge on any atom is -0.489 e. The van der Waals surface area contributed by atoms with E-state index >= 15 is 0 Å². The Hall–Kier alpha value is -2.72. The third kappa shape index (κ3) is 4.09. The first kappa shape index (κ1) is 18.1. The molecule has 1 unspecified atom stereocenters. The number of nitrogens with one attached hydrogen (secondary N) is 2. The lowest BCUT2D eigenvalue weighted by atomic mass is 10.0. The Morgan fingerprint density at radius 1 is 1.35 bits per heavy atom. The number of aromatic nitrogens is 3. The number of aryl methyl sites for hydroxylation is 1. The molecule has 1 fully saturated rings. The highest BCUT2D eigenvalue weighted by Crippen LogP contribution is 2.21. The molecule has 1 aliphatic heterocycles. The standard InChI is InChI=1S/C19H24N6O/c1-3-16-17(10-20)19(25-24-18(16)4-2)23-11-13-9-14(6-8-22-13)26-15-5-7-21-12-15/h6,8-9,15,21H,3-5,7,11-12H2,1-2H3,(H,23,25). The van der Waals surface area contributed by atoms with Crippen molar-refractivity contribution in [1.82, 2.24) is 20.5 Å². The first-order valence-electron chi connectivity index (χ1n) is 9.09. The number of rotatable bonds is 7. The van der Waals surface area contributed by atoms with Crippen LogP contribution >= 0.6 is 0 Å². The molecule has 3 rings (SSSR count). The van der Waals surface area contributed by atoms with Crippen LogP contribution in [0.1, 0.15) is 42.8 Å². The van der Waals surface area contributed by atoms with Gasteiger partial charge in [0.25, 0.3) is 0 Å². The summed E-state index contributed by atoms with van der Waals surface area (Å²) < 4.78 is 5.97. The van der Waals surface area contributed by atoms with Gasteiger partial charge < -0.3 is 15.4 Å². The van der Waals surface area contributed by atoms with E-state index in [1.54, 1.807) is 6.20 Å². The summed E-state index contributed by atoms with van der Waals surface area (Å²) in [5.74, 6) is 1.32. The molecule has 2 aromatic heterocycles. The topological polar surface area (TPSA) is 95.8 Å². The van der Waals surface area contributed by atoms with E-state index in [-0.39, 0.29) is 6.10 Å². The molecule has 0 aromatic carbocycles. The molecule has 2 N–H and O–H groups in total.